The highest BCUT2D eigenvalue weighted by Gasteiger charge is 2.46. The molecular formula is C24H38N4O4. The number of hydrogen-bond donors (Lipinski definition) is 2. The van der Waals surface area contributed by atoms with Crippen molar-refractivity contribution in [2.75, 3.05) is 19.6 Å². The lowest BCUT2D eigenvalue weighted by atomic mass is 9.60. The second-order valence-electron chi connectivity index (χ2n) is 11.2. The fraction of sp³-hybridized carbons (Fsp3) is 0.792. The minimum Gasteiger partial charge on any atom is -0.444 e. The molecule has 2 heterocycles. The molecule has 0 aromatic carbocycles. The number of aromatic amines is 1. The number of nitrogens with one attached hydrogen (secondary N) is 2. The van der Waals surface area contributed by atoms with E-state index in [1.54, 1.807) is 10.8 Å². The number of carbonyl (C=O) groups excluding carboxylic acids is 1. The van der Waals surface area contributed by atoms with E-state index in [1.165, 1.54) is 18.9 Å². The third kappa shape index (κ3) is 5.63. The van der Waals surface area contributed by atoms with Gasteiger partial charge in [0.15, 0.2) is 0 Å². The number of piperidine rings is 1. The first-order chi connectivity index (χ1) is 15.1. The molecule has 1 saturated heterocycles. The van der Waals surface area contributed by atoms with Crippen LogP contribution in [0.1, 0.15) is 78.2 Å². The lowest BCUT2D eigenvalue weighted by Gasteiger charge is -2.52. The van der Waals surface area contributed by atoms with Gasteiger partial charge in [0.1, 0.15) is 5.60 Å². The van der Waals surface area contributed by atoms with Gasteiger partial charge in [-0.2, -0.15) is 0 Å². The molecule has 1 aromatic heterocycles. The average molecular weight is 447 g/mol. The van der Waals surface area contributed by atoms with Crippen LogP contribution in [-0.4, -0.2) is 51.8 Å². The van der Waals surface area contributed by atoms with E-state index < -0.39 is 5.60 Å². The van der Waals surface area contributed by atoms with E-state index in [2.05, 4.69) is 15.2 Å². The Hall–Kier alpha value is -2.09. The number of H-pyrrole nitrogens is 1. The van der Waals surface area contributed by atoms with Crippen LogP contribution in [0.25, 0.3) is 0 Å². The molecular weight excluding hydrogens is 408 g/mol. The average Bonchev–Trinajstić information content (AvgIpc) is 2.68. The molecule has 8 nitrogen and oxygen atoms in total. The van der Waals surface area contributed by atoms with Crippen LogP contribution in [0.2, 0.25) is 0 Å². The van der Waals surface area contributed by atoms with Gasteiger partial charge in [0.05, 0.1) is 0 Å². The largest absolute Gasteiger partial charge is 0.444 e. The number of likely N-dealkylation sites (tertiary alicyclic amines) is 1. The van der Waals surface area contributed by atoms with Crippen molar-refractivity contribution in [2.45, 2.75) is 89.8 Å². The predicted molar refractivity (Wildman–Crippen MR) is 123 cm³/mol. The molecule has 0 unspecified atom stereocenters. The first-order valence-electron chi connectivity index (χ1n) is 12.1. The quantitative estimate of drug-likeness (QED) is 0.741. The summed E-state index contributed by atoms with van der Waals surface area (Å²) in [6.45, 7) is 9.09. The molecule has 2 saturated carbocycles. The first kappa shape index (κ1) is 23.1. The van der Waals surface area contributed by atoms with Gasteiger partial charge in [-0.1, -0.05) is 0 Å². The summed E-state index contributed by atoms with van der Waals surface area (Å²) in [5, 5.41) is 3.03. The number of hydrogen-bond acceptors (Lipinski definition) is 5. The smallest absolute Gasteiger partial charge is 0.407 e. The molecule has 2 N–H and O–H groups in total. The number of aromatic nitrogens is 2. The van der Waals surface area contributed by atoms with Crippen molar-refractivity contribution >= 4 is 6.09 Å². The van der Waals surface area contributed by atoms with Crippen LogP contribution < -0.4 is 16.6 Å². The van der Waals surface area contributed by atoms with Gasteiger partial charge in [-0.05, 0) is 96.6 Å². The molecule has 3 fully saturated rings. The van der Waals surface area contributed by atoms with Crippen molar-refractivity contribution in [3.63, 3.8) is 0 Å². The van der Waals surface area contributed by atoms with Crippen LogP contribution >= 0.6 is 0 Å². The Morgan fingerprint density at radius 1 is 1.16 bits per heavy atom. The summed E-state index contributed by atoms with van der Waals surface area (Å²) in [6, 6.07) is 1.89. The van der Waals surface area contributed by atoms with Gasteiger partial charge in [0.25, 0.3) is 5.56 Å². The number of carbonyl (C=O) groups is 1. The molecule has 4 rings (SSSR count). The van der Waals surface area contributed by atoms with E-state index in [-0.39, 0.29) is 29.4 Å². The molecule has 8 heteroatoms. The van der Waals surface area contributed by atoms with Crippen molar-refractivity contribution in [3.05, 3.63) is 33.1 Å². The van der Waals surface area contributed by atoms with Crippen LogP contribution in [0.4, 0.5) is 4.79 Å². The lowest BCUT2D eigenvalue weighted by molar-refractivity contribution is -0.00700. The van der Waals surface area contributed by atoms with Crippen LogP contribution in [-0.2, 0) is 4.74 Å². The van der Waals surface area contributed by atoms with Gasteiger partial charge in [-0.3, -0.25) is 14.3 Å². The van der Waals surface area contributed by atoms with Gasteiger partial charge in [0, 0.05) is 30.9 Å². The Morgan fingerprint density at radius 2 is 1.81 bits per heavy atom. The number of rotatable bonds is 4. The summed E-state index contributed by atoms with van der Waals surface area (Å²) in [5.41, 5.74) is -0.672. The van der Waals surface area contributed by atoms with E-state index in [4.69, 9.17) is 4.74 Å². The SMILES string of the molecule is CC(C)(C)OC(=O)NC1CC2(CCN(CC3CCC(n4ccc(=O)[nH]c4=O)CC3)CC2)C1. The molecule has 178 valence electrons. The minimum atomic E-state index is -0.452. The monoisotopic (exact) mass is 446 g/mol. The van der Waals surface area contributed by atoms with Gasteiger partial charge >= 0.3 is 11.8 Å². The number of amides is 1. The standard InChI is InChI=1S/C24H38N4O4/c1-23(2,3)32-22(31)25-18-14-24(15-18)9-12-27(13-10-24)16-17-4-6-19(7-5-17)28-11-8-20(29)26-21(28)30/h8,11,17-19H,4-7,9-10,12-16H2,1-3H3,(H,25,31)(H,26,29,30). The van der Waals surface area contributed by atoms with Crippen molar-refractivity contribution in [1.29, 1.82) is 0 Å². The maximum Gasteiger partial charge on any atom is 0.407 e. The van der Waals surface area contributed by atoms with Crippen LogP contribution in [0, 0.1) is 11.3 Å². The summed E-state index contributed by atoms with van der Waals surface area (Å²) < 4.78 is 7.07. The molecule has 0 bridgehead atoms. The molecule has 0 radical (unpaired) electrons. The molecule has 32 heavy (non-hydrogen) atoms. The van der Waals surface area contributed by atoms with Crippen LogP contribution in [0.15, 0.2) is 21.9 Å². The van der Waals surface area contributed by atoms with Gasteiger partial charge in [-0.25, -0.2) is 9.59 Å². The van der Waals surface area contributed by atoms with E-state index in [1.807, 2.05) is 20.8 Å². The number of nitrogens with zero attached hydrogens (tertiary/aromatic N) is 2. The minimum absolute atomic E-state index is 0.199. The van der Waals surface area contributed by atoms with Crippen molar-refractivity contribution in [2.24, 2.45) is 11.3 Å². The number of ether oxygens (including phenoxy) is 1. The fourth-order valence-electron chi connectivity index (χ4n) is 5.87. The zero-order chi connectivity index (χ0) is 22.9. The topological polar surface area (TPSA) is 96.4 Å². The Morgan fingerprint density at radius 3 is 2.41 bits per heavy atom. The highest BCUT2D eigenvalue weighted by Crippen LogP contribution is 2.49. The summed E-state index contributed by atoms with van der Waals surface area (Å²) in [6.07, 6.45) is 10.1. The highest BCUT2D eigenvalue weighted by atomic mass is 16.6. The van der Waals surface area contributed by atoms with Crippen LogP contribution in [0.3, 0.4) is 0 Å². The second kappa shape index (κ2) is 9.04. The Kier molecular flexibility index (Phi) is 6.52. The third-order valence-corrected chi connectivity index (χ3v) is 7.57. The summed E-state index contributed by atoms with van der Waals surface area (Å²) in [5.74, 6) is 0.682. The predicted octanol–water partition coefficient (Wildman–Crippen LogP) is 3.04. The molecule has 1 spiro atoms. The van der Waals surface area contributed by atoms with Crippen molar-refractivity contribution in [1.82, 2.24) is 19.8 Å². The fourth-order valence-corrected chi connectivity index (χ4v) is 5.87. The number of alkyl carbamates (subject to hydrolysis) is 1. The van der Waals surface area contributed by atoms with Gasteiger partial charge < -0.3 is 15.0 Å². The summed E-state index contributed by atoms with van der Waals surface area (Å²) >= 11 is 0. The maximum absolute atomic E-state index is 12.0. The summed E-state index contributed by atoms with van der Waals surface area (Å²) in [7, 11) is 0. The lowest BCUT2D eigenvalue weighted by Crippen LogP contribution is -2.55. The molecule has 1 aliphatic heterocycles. The summed E-state index contributed by atoms with van der Waals surface area (Å²) in [4.78, 5) is 40.3. The Balaban J connectivity index is 1.16. The van der Waals surface area contributed by atoms with Crippen molar-refractivity contribution < 1.29 is 9.53 Å². The van der Waals surface area contributed by atoms with E-state index in [0.717, 1.165) is 58.2 Å². The van der Waals surface area contributed by atoms with Crippen LogP contribution in [0.5, 0.6) is 0 Å². The van der Waals surface area contributed by atoms with E-state index in [0.29, 0.717) is 11.3 Å². The Labute approximate surface area is 189 Å². The normalized spacial score (nSPS) is 26.5. The first-order valence-corrected chi connectivity index (χ1v) is 12.1. The zero-order valence-corrected chi connectivity index (χ0v) is 19.7. The zero-order valence-electron chi connectivity index (χ0n) is 19.7. The third-order valence-electron chi connectivity index (χ3n) is 7.57. The highest BCUT2D eigenvalue weighted by molar-refractivity contribution is 5.68. The molecule has 1 amide bonds. The maximum atomic E-state index is 12.0. The van der Waals surface area contributed by atoms with E-state index >= 15 is 0 Å². The molecule has 3 aliphatic rings. The Bertz CT molecular complexity index is 907. The van der Waals surface area contributed by atoms with E-state index in [9.17, 15) is 14.4 Å². The van der Waals surface area contributed by atoms with Gasteiger partial charge in [0.2, 0.25) is 0 Å². The van der Waals surface area contributed by atoms with Gasteiger partial charge in [-0.15, -0.1) is 0 Å². The second-order valence-corrected chi connectivity index (χ2v) is 11.2. The molecule has 0 atom stereocenters. The molecule has 2 aliphatic carbocycles. The molecule has 1 aromatic rings. The van der Waals surface area contributed by atoms with Crippen molar-refractivity contribution in [3.8, 4) is 0 Å².